The molecule has 3 nitrogen and oxygen atoms in total. The second-order valence-electron chi connectivity index (χ2n) is 2.81. The van der Waals surface area contributed by atoms with Crippen LogP contribution in [0.1, 0.15) is 6.92 Å². The molecular formula is C8H10FNO2. The summed E-state index contributed by atoms with van der Waals surface area (Å²) < 4.78 is 12.9. The number of allylic oxidation sites excluding steroid dienone is 2. The molecule has 0 aromatic rings. The predicted octanol–water partition coefficient (Wildman–Crippen LogP) is 0.828. The highest BCUT2D eigenvalue weighted by atomic mass is 19.1. The highest BCUT2D eigenvalue weighted by molar-refractivity contribution is 5.91. The minimum Gasteiger partial charge on any atom is -0.478 e. The van der Waals surface area contributed by atoms with E-state index in [0.717, 1.165) is 6.08 Å². The van der Waals surface area contributed by atoms with E-state index in [4.69, 9.17) is 10.8 Å². The van der Waals surface area contributed by atoms with Gasteiger partial charge in [0.15, 0.2) is 0 Å². The van der Waals surface area contributed by atoms with Crippen LogP contribution in [0.15, 0.2) is 23.4 Å². The van der Waals surface area contributed by atoms with Gasteiger partial charge in [-0.2, -0.15) is 0 Å². The summed E-state index contributed by atoms with van der Waals surface area (Å²) in [4.78, 5) is 10.5. The van der Waals surface area contributed by atoms with Gasteiger partial charge in [0.1, 0.15) is 6.17 Å². The Morgan fingerprint density at radius 3 is 2.75 bits per heavy atom. The fourth-order valence-corrected chi connectivity index (χ4v) is 1.07. The summed E-state index contributed by atoms with van der Waals surface area (Å²) in [5.74, 6) is -1.52. The van der Waals surface area contributed by atoms with Crippen molar-refractivity contribution in [1.29, 1.82) is 0 Å². The predicted molar refractivity (Wildman–Crippen MR) is 42.0 cm³/mol. The lowest BCUT2D eigenvalue weighted by molar-refractivity contribution is -0.132. The lowest BCUT2D eigenvalue weighted by atomic mass is 9.94. The summed E-state index contributed by atoms with van der Waals surface area (Å²) >= 11 is 0. The molecule has 1 aliphatic rings. The SMILES string of the molecule is CC1C=C(N)C(C(=O)O)=CC1F. The number of hydrogen-bond acceptors (Lipinski definition) is 2. The van der Waals surface area contributed by atoms with E-state index in [1.807, 2.05) is 0 Å². The van der Waals surface area contributed by atoms with Crippen LogP contribution in [0.3, 0.4) is 0 Å². The van der Waals surface area contributed by atoms with Crippen molar-refractivity contribution in [1.82, 2.24) is 0 Å². The van der Waals surface area contributed by atoms with Crippen molar-refractivity contribution in [3.05, 3.63) is 23.4 Å². The minimum absolute atomic E-state index is 0.138. The number of carboxylic acids is 1. The molecule has 66 valence electrons. The normalized spacial score (nSPS) is 29.2. The Labute approximate surface area is 69.4 Å². The smallest absolute Gasteiger partial charge is 0.337 e. The summed E-state index contributed by atoms with van der Waals surface area (Å²) in [5, 5.41) is 8.56. The Bertz CT molecular complexity index is 270. The van der Waals surface area contributed by atoms with E-state index in [1.54, 1.807) is 6.92 Å². The quantitative estimate of drug-likeness (QED) is 0.614. The van der Waals surface area contributed by atoms with Crippen LogP contribution in [0.4, 0.5) is 4.39 Å². The molecule has 0 saturated carbocycles. The van der Waals surface area contributed by atoms with Crippen LogP contribution in [0.25, 0.3) is 0 Å². The highest BCUT2D eigenvalue weighted by Gasteiger charge is 2.23. The van der Waals surface area contributed by atoms with Gasteiger partial charge < -0.3 is 10.8 Å². The van der Waals surface area contributed by atoms with Crippen molar-refractivity contribution in [2.24, 2.45) is 11.7 Å². The molecule has 0 bridgehead atoms. The van der Waals surface area contributed by atoms with Gasteiger partial charge in [-0.15, -0.1) is 0 Å². The van der Waals surface area contributed by atoms with Crippen LogP contribution in [-0.4, -0.2) is 17.2 Å². The Kier molecular flexibility index (Phi) is 2.17. The molecule has 3 N–H and O–H groups in total. The Hall–Kier alpha value is -1.32. The molecule has 0 fully saturated rings. The van der Waals surface area contributed by atoms with E-state index in [2.05, 4.69) is 0 Å². The average Bonchev–Trinajstić information content (AvgIpc) is 1.96. The maximum absolute atomic E-state index is 12.9. The molecule has 0 saturated heterocycles. The number of rotatable bonds is 1. The molecule has 12 heavy (non-hydrogen) atoms. The van der Waals surface area contributed by atoms with E-state index in [0.29, 0.717) is 0 Å². The van der Waals surface area contributed by atoms with Gasteiger partial charge in [-0.1, -0.05) is 13.0 Å². The molecule has 1 rings (SSSR count). The van der Waals surface area contributed by atoms with Gasteiger partial charge in [0.2, 0.25) is 0 Å². The maximum atomic E-state index is 12.9. The van der Waals surface area contributed by atoms with Crippen LogP contribution in [-0.2, 0) is 4.79 Å². The van der Waals surface area contributed by atoms with E-state index in [1.165, 1.54) is 6.08 Å². The first kappa shape index (κ1) is 8.77. The lowest BCUT2D eigenvalue weighted by Gasteiger charge is -2.17. The topological polar surface area (TPSA) is 63.3 Å². The molecule has 1 aliphatic carbocycles. The number of carboxylic acid groups (broad SMARTS) is 1. The van der Waals surface area contributed by atoms with Gasteiger partial charge in [0.25, 0.3) is 0 Å². The molecule has 0 amide bonds. The summed E-state index contributed by atoms with van der Waals surface area (Å²) in [6.07, 6.45) is 1.22. The molecule has 2 unspecified atom stereocenters. The van der Waals surface area contributed by atoms with E-state index in [9.17, 15) is 9.18 Å². The number of carbonyl (C=O) groups is 1. The molecule has 0 aromatic carbocycles. The zero-order valence-electron chi connectivity index (χ0n) is 6.62. The van der Waals surface area contributed by atoms with Gasteiger partial charge in [0.05, 0.1) is 5.57 Å². The number of aliphatic carboxylic acids is 1. The molecule has 0 aliphatic heterocycles. The first-order valence-electron chi connectivity index (χ1n) is 3.59. The van der Waals surface area contributed by atoms with Crippen molar-refractivity contribution >= 4 is 5.97 Å². The summed E-state index contributed by atoms with van der Waals surface area (Å²) in [6, 6.07) is 0. The third-order valence-electron chi connectivity index (χ3n) is 1.81. The van der Waals surface area contributed by atoms with Crippen molar-refractivity contribution in [2.75, 3.05) is 0 Å². The number of hydrogen-bond donors (Lipinski definition) is 2. The molecule has 0 heterocycles. The Balaban J connectivity index is 2.96. The molecule has 0 aromatic heterocycles. The Morgan fingerprint density at radius 2 is 2.25 bits per heavy atom. The van der Waals surface area contributed by atoms with Crippen LogP contribution >= 0.6 is 0 Å². The zero-order chi connectivity index (χ0) is 9.30. The molecule has 4 heteroatoms. The fourth-order valence-electron chi connectivity index (χ4n) is 1.07. The van der Waals surface area contributed by atoms with Crippen LogP contribution in [0.5, 0.6) is 0 Å². The molecule has 0 spiro atoms. The lowest BCUT2D eigenvalue weighted by Crippen LogP contribution is -2.21. The summed E-state index contributed by atoms with van der Waals surface area (Å²) in [6.45, 7) is 1.65. The van der Waals surface area contributed by atoms with Gasteiger partial charge >= 0.3 is 5.97 Å². The van der Waals surface area contributed by atoms with Gasteiger partial charge in [-0.3, -0.25) is 0 Å². The number of alkyl halides is 1. The molecule has 0 radical (unpaired) electrons. The standard InChI is InChI=1S/C8H10FNO2/c1-4-2-7(10)5(8(11)12)3-6(4)9/h2-4,6H,10H2,1H3,(H,11,12). The highest BCUT2D eigenvalue weighted by Crippen LogP contribution is 2.22. The van der Waals surface area contributed by atoms with Crippen LogP contribution in [0, 0.1) is 5.92 Å². The monoisotopic (exact) mass is 171 g/mol. The zero-order valence-corrected chi connectivity index (χ0v) is 6.62. The first-order chi connectivity index (χ1) is 5.52. The van der Waals surface area contributed by atoms with E-state index < -0.39 is 12.1 Å². The van der Waals surface area contributed by atoms with E-state index in [-0.39, 0.29) is 17.2 Å². The maximum Gasteiger partial charge on any atom is 0.337 e. The third kappa shape index (κ3) is 1.47. The van der Waals surface area contributed by atoms with Crippen LogP contribution in [0.2, 0.25) is 0 Å². The van der Waals surface area contributed by atoms with Crippen molar-refractivity contribution < 1.29 is 14.3 Å². The van der Waals surface area contributed by atoms with Gasteiger partial charge in [-0.25, -0.2) is 9.18 Å². The second-order valence-corrected chi connectivity index (χ2v) is 2.81. The fraction of sp³-hybridized carbons (Fsp3) is 0.375. The van der Waals surface area contributed by atoms with Crippen molar-refractivity contribution in [3.63, 3.8) is 0 Å². The minimum atomic E-state index is -1.25. The summed E-state index contributed by atoms with van der Waals surface area (Å²) in [7, 11) is 0. The first-order valence-corrected chi connectivity index (χ1v) is 3.59. The third-order valence-corrected chi connectivity index (χ3v) is 1.81. The van der Waals surface area contributed by atoms with Crippen molar-refractivity contribution in [2.45, 2.75) is 13.1 Å². The van der Waals surface area contributed by atoms with E-state index >= 15 is 0 Å². The average molecular weight is 171 g/mol. The summed E-state index contributed by atoms with van der Waals surface area (Å²) in [5.41, 5.74) is 5.38. The van der Waals surface area contributed by atoms with Crippen molar-refractivity contribution in [3.8, 4) is 0 Å². The molecule has 2 atom stereocenters. The largest absolute Gasteiger partial charge is 0.478 e. The number of nitrogens with two attached hydrogens (primary N) is 1. The Morgan fingerprint density at radius 1 is 1.67 bits per heavy atom. The number of halogens is 1. The second kappa shape index (κ2) is 2.97. The van der Waals surface area contributed by atoms with Gasteiger partial charge in [-0.05, 0) is 6.08 Å². The van der Waals surface area contributed by atoms with Crippen LogP contribution < -0.4 is 5.73 Å². The van der Waals surface area contributed by atoms with Gasteiger partial charge in [0, 0.05) is 11.6 Å². The molecular weight excluding hydrogens is 161 g/mol.